The SMILES string of the molecule is OCC#Cc1ccc2c(c1)COC21CNC1. The van der Waals surface area contributed by atoms with E-state index >= 15 is 0 Å². The van der Waals surface area contributed by atoms with Gasteiger partial charge in [-0.2, -0.15) is 0 Å². The first-order chi connectivity index (χ1) is 7.84. The second kappa shape index (κ2) is 3.60. The Bertz CT molecular complexity index is 480. The number of aliphatic hydroxyl groups excluding tert-OH is 1. The zero-order valence-corrected chi connectivity index (χ0v) is 8.92. The van der Waals surface area contributed by atoms with Crippen molar-refractivity contribution in [3.63, 3.8) is 0 Å². The van der Waals surface area contributed by atoms with Crippen molar-refractivity contribution >= 4 is 0 Å². The number of benzene rings is 1. The molecule has 3 nitrogen and oxygen atoms in total. The van der Waals surface area contributed by atoms with Gasteiger partial charge in [-0.05, 0) is 23.3 Å². The monoisotopic (exact) mass is 215 g/mol. The van der Waals surface area contributed by atoms with E-state index in [4.69, 9.17) is 9.84 Å². The smallest absolute Gasteiger partial charge is 0.119 e. The molecule has 1 fully saturated rings. The van der Waals surface area contributed by atoms with E-state index in [9.17, 15) is 0 Å². The van der Waals surface area contributed by atoms with Crippen LogP contribution in [0.3, 0.4) is 0 Å². The van der Waals surface area contributed by atoms with Gasteiger partial charge in [0, 0.05) is 18.7 Å². The number of nitrogens with one attached hydrogen (secondary N) is 1. The Morgan fingerprint density at radius 3 is 3.00 bits per heavy atom. The summed E-state index contributed by atoms with van der Waals surface area (Å²) in [6.07, 6.45) is 0. The van der Waals surface area contributed by atoms with Crippen LogP contribution >= 0.6 is 0 Å². The van der Waals surface area contributed by atoms with Crippen molar-refractivity contribution in [1.29, 1.82) is 0 Å². The average Bonchev–Trinajstić information content (AvgIpc) is 2.64. The molecule has 1 aromatic rings. The molecule has 0 unspecified atom stereocenters. The highest BCUT2D eigenvalue weighted by atomic mass is 16.5. The third-order valence-electron chi connectivity index (χ3n) is 3.23. The summed E-state index contributed by atoms with van der Waals surface area (Å²) in [5, 5.41) is 11.9. The average molecular weight is 215 g/mol. The van der Waals surface area contributed by atoms with E-state index in [1.807, 2.05) is 6.07 Å². The number of rotatable bonds is 0. The molecule has 3 rings (SSSR count). The summed E-state index contributed by atoms with van der Waals surface area (Å²) >= 11 is 0. The quantitative estimate of drug-likeness (QED) is 0.614. The molecular weight excluding hydrogens is 202 g/mol. The van der Waals surface area contributed by atoms with Gasteiger partial charge in [0.05, 0.1) is 6.61 Å². The molecule has 0 atom stereocenters. The highest BCUT2D eigenvalue weighted by molar-refractivity contribution is 5.45. The lowest BCUT2D eigenvalue weighted by Crippen LogP contribution is -2.56. The van der Waals surface area contributed by atoms with E-state index in [1.54, 1.807) is 0 Å². The van der Waals surface area contributed by atoms with Crippen molar-refractivity contribution in [3.05, 3.63) is 34.9 Å². The van der Waals surface area contributed by atoms with Gasteiger partial charge in [-0.1, -0.05) is 17.9 Å². The largest absolute Gasteiger partial charge is 0.384 e. The highest BCUT2D eigenvalue weighted by Crippen LogP contribution is 2.39. The molecule has 0 radical (unpaired) electrons. The van der Waals surface area contributed by atoms with E-state index in [2.05, 4.69) is 29.3 Å². The number of hydrogen-bond donors (Lipinski definition) is 2. The summed E-state index contributed by atoms with van der Waals surface area (Å²) in [5.74, 6) is 5.57. The van der Waals surface area contributed by atoms with Crippen LogP contribution in [0.2, 0.25) is 0 Å². The summed E-state index contributed by atoms with van der Waals surface area (Å²) in [6, 6.07) is 6.16. The van der Waals surface area contributed by atoms with E-state index in [0.29, 0.717) is 6.61 Å². The first-order valence-corrected chi connectivity index (χ1v) is 5.42. The fourth-order valence-corrected chi connectivity index (χ4v) is 2.32. The van der Waals surface area contributed by atoms with Crippen LogP contribution in [0.15, 0.2) is 18.2 Å². The molecule has 0 aliphatic carbocycles. The first kappa shape index (κ1) is 9.86. The molecule has 2 aliphatic heterocycles. The molecule has 3 heteroatoms. The molecule has 2 N–H and O–H groups in total. The van der Waals surface area contributed by atoms with Crippen LogP contribution in [-0.2, 0) is 16.9 Å². The third-order valence-corrected chi connectivity index (χ3v) is 3.23. The summed E-state index contributed by atoms with van der Waals surface area (Å²) < 4.78 is 5.85. The van der Waals surface area contributed by atoms with Crippen LogP contribution in [0.25, 0.3) is 0 Å². The summed E-state index contributed by atoms with van der Waals surface area (Å²) in [5.41, 5.74) is 3.39. The minimum atomic E-state index is -0.0958. The molecular formula is C13H13NO2. The lowest BCUT2D eigenvalue weighted by molar-refractivity contribution is -0.0746. The van der Waals surface area contributed by atoms with Gasteiger partial charge in [0.1, 0.15) is 12.2 Å². The van der Waals surface area contributed by atoms with Crippen LogP contribution in [0, 0.1) is 11.8 Å². The van der Waals surface area contributed by atoms with E-state index < -0.39 is 0 Å². The molecule has 16 heavy (non-hydrogen) atoms. The predicted molar refractivity (Wildman–Crippen MR) is 59.7 cm³/mol. The first-order valence-electron chi connectivity index (χ1n) is 5.42. The van der Waals surface area contributed by atoms with Gasteiger partial charge < -0.3 is 15.2 Å². The molecule has 0 bridgehead atoms. The topological polar surface area (TPSA) is 41.5 Å². The van der Waals surface area contributed by atoms with Crippen LogP contribution < -0.4 is 5.32 Å². The predicted octanol–water partition coefficient (Wildman–Crippen LogP) is 0.359. The van der Waals surface area contributed by atoms with Gasteiger partial charge in [0.25, 0.3) is 0 Å². The minimum Gasteiger partial charge on any atom is -0.384 e. The Kier molecular flexibility index (Phi) is 2.22. The fraction of sp³-hybridized carbons (Fsp3) is 0.385. The maximum Gasteiger partial charge on any atom is 0.119 e. The van der Waals surface area contributed by atoms with Gasteiger partial charge in [0.2, 0.25) is 0 Å². The van der Waals surface area contributed by atoms with E-state index in [0.717, 1.165) is 18.7 Å². The highest BCUT2D eigenvalue weighted by Gasteiger charge is 2.45. The van der Waals surface area contributed by atoms with Crippen molar-refractivity contribution in [3.8, 4) is 11.8 Å². The minimum absolute atomic E-state index is 0.0712. The van der Waals surface area contributed by atoms with Crippen LogP contribution in [0.1, 0.15) is 16.7 Å². The summed E-state index contributed by atoms with van der Waals surface area (Å²) in [7, 11) is 0. The van der Waals surface area contributed by atoms with E-state index in [-0.39, 0.29) is 12.2 Å². The molecule has 1 spiro atoms. The number of hydrogen-bond acceptors (Lipinski definition) is 3. The lowest BCUT2D eigenvalue weighted by atomic mass is 9.87. The molecule has 1 aromatic carbocycles. The van der Waals surface area contributed by atoms with Crippen molar-refractivity contribution in [1.82, 2.24) is 5.32 Å². The zero-order chi connectivity index (χ0) is 11.0. The Labute approximate surface area is 94.4 Å². The Hall–Kier alpha value is -1.34. The van der Waals surface area contributed by atoms with Gasteiger partial charge in [-0.3, -0.25) is 0 Å². The number of fused-ring (bicyclic) bond motifs is 2. The van der Waals surface area contributed by atoms with Crippen molar-refractivity contribution in [2.24, 2.45) is 0 Å². The van der Waals surface area contributed by atoms with E-state index in [1.165, 1.54) is 11.1 Å². The van der Waals surface area contributed by atoms with Gasteiger partial charge in [-0.25, -0.2) is 0 Å². The van der Waals surface area contributed by atoms with Crippen LogP contribution in [0.5, 0.6) is 0 Å². The third kappa shape index (κ3) is 1.35. The molecule has 82 valence electrons. The Morgan fingerprint density at radius 1 is 1.44 bits per heavy atom. The second-order valence-electron chi connectivity index (χ2n) is 4.22. The van der Waals surface area contributed by atoms with Crippen LogP contribution in [0.4, 0.5) is 0 Å². The molecule has 0 amide bonds. The standard InChI is InChI=1S/C13H13NO2/c15-5-1-2-10-3-4-12-11(6-10)7-16-13(12)8-14-9-13/h3-4,6,14-15H,5,7-9H2. The van der Waals surface area contributed by atoms with Crippen molar-refractivity contribution in [2.75, 3.05) is 19.7 Å². The van der Waals surface area contributed by atoms with Crippen LogP contribution in [-0.4, -0.2) is 24.8 Å². The molecule has 2 heterocycles. The summed E-state index contributed by atoms with van der Waals surface area (Å²) in [6.45, 7) is 2.39. The number of aliphatic hydroxyl groups is 1. The number of ether oxygens (including phenoxy) is 1. The Morgan fingerprint density at radius 2 is 2.31 bits per heavy atom. The normalized spacial score (nSPS) is 19.8. The second-order valence-corrected chi connectivity index (χ2v) is 4.22. The van der Waals surface area contributed by atoms with Crippen molar-refractivity contribution in [2.45, 2.75) is 12.2 Å². The lowest BCUT2D eigenvalue weighted by Gasteiger charge is -2.39. The molecule has 2 aliphatic rings. The van der Waals surface area contributed by atoms with Gasteiger partial charge in [-0.15, -0.1) is 0 Å². The zero-order valence-electron chi connectivity index (χ0n) is 8.92. The Balaban J connectivity index is 1.96. The summed E-state index contributed by atoms with van der Waals surface area (Å²) in [4.78, 5) is 0. The molecule has 1 saturated heterocycles. The van der Waals surface area contributed by atoms with Gasteiger partial charge >= 0.3 is 0 Å². The van der Waals surface area contributed by atoms with Crippen molar-refractivity contribution < 1.29 is 9.84 Å². The fourth-order valence-electron chi connectivity index (χ4n) is 2.32. The molecule has 0 aromatic heterocycles. The maximum absolute atomic E-state index is 8.64. The molecule has 0 saturated carbocycles. The maximum atomic E-state index is 8.64. The van der Waals surface area contributed by atoms with Gasteiger partial charge in [0.15, 0.2) is 0 Å².